The molecular weight excluding hydrogens is 530 g/mol. The van der Waals surface area contributed by atoms with E-state index in [0.29, 0.717) is 36.0 Å². The Morgan fingerprint density at radius 1 is 0.976 bits per heavy atom. The van der Waals surface area contributed by atoms with Gasteiger partial charge in [-0.3, -0.25) is 14.4 Å². The van der Waals surface area contributed by atoms with Crippen molar-refractivity contribution >= 4 is 17.7 Å². The zero-order valence-electron chi connectivity index (χ0n) is 23.4. The Morgan fingerprint density at radius 2 is 1.76 bits per heavy atom. The monoisotopic (exact) mass is 565 g/mol. The summed E-state index contributed by atoms with van der Waals surface area (Å²) in [6.45, 7) is 0.670. The van der Waals surface area contributed by atoms with Gasteiger partial charge in [0.25, 0.3) is 5.91 Å². The smallest absolute Gasteiger partial charge is 0.287 e. The number of methoxy groups -OCH3 is 3. The standard InChI is InChI=1S/C30H35N3O8/c1-37-22-11-8-20(9-12-22)19-33(27(34)18-32-29(35)25-7-5-15-41-25)28(30(36)31-17-23-6-4-14-40-23)21-10-13-24(38-2)26(16-21)39-3/h5,7-13,15-16,23,28H,4,6,14,17-19H2,1-3H3,(H,31,36)(H,32,35)/t23-,28+/m0/s1. The lowest BCUT2D eigenvalue weighted by Gasteiger charge is -2.32. The Morgan fingerprint density at radius 3 is 2.39 bits per heavy atom. The fourth-order valence-electron chi connectivity index (χ4n) is 4.62. The molecule has 1 saturated heterocycles. The third-order valence-electron chi connectivity index (χ3n) is 6.79. The topological polar surface area (TPSA) is 129 Å². The minimum Gasteiger partial charge on any atom is -0.497 e. The Kier molecular flexibility index (Phi) is 10.2. The van der Waals surface area contributed by atoms with Crippen LogP contribution in [0.3, 0.4) is 0 Å². The van der Waals surface area contributed by atoms with E-state index < -0.39 is 23.8 Å². The maximum atomic E-state index is 13.9. The molecule has 0 bridgehead atoms. The van der Waals surface area contributed by atoms with E-state index in [0.717, 1.165) is 18.4 Å². The van der Waals surface area contributed by atoms with E-state index in [-0.39, 0.29) is 25.0 Å². The molecule has 1 aromatic heterocycles. The second kappa shape index (κ2) is 14.2. The average molecular weight is 566 g/mol. The number of ether oxygens (including phenoxy) is 4. The number of carbonyl (C=O) groups is 3. The molecule has 2 atom stereocenters. The summed E-state index contributed by atoms with van der Waals surface area (Å²) in [6.07, 6.45) is 3.05. The number of amides is 3. The fraction of sp³-hybridized carbons (Fsp3) is 0.367. The van der Waals surface area contributed by atoms with Crippen molar-refractivity contribution in [1.29, 1.82) is 0 Å². The minimum absolute atomic E-state index is 0.0743. The molecule has 3 amide bonds. The number of nitrogens with zero attached hydrogens (tertiary/aromatic N) is 1. The molecule has 2 aromatic carbocycles. The summed E-state index contributed by atoms with van der Waals surface area (Å²) in [7, 11) is 4.58. The molecule has 218 valence electrons. The quantitative estimate of drug-likeness (QED) is 0.324. The predicted octanol–water partition coefficient (Wildman–Crippen LogP) is 3.10. The van der Waals surface area contributed by atoms with Gasteiger partial charge in [0.1, 0.15) is 11.8 Å². The summed E-state index contributed by atoms with van der Waals surface area (Å²) in [6, 6.07) is 14.3. The highest BCUT2D eigenvalue weighted by molar-refractivity contribution is 5.95. The molecule has 0 saturated carbocycles. The molecule has 0 radical (unpaired) electrons. The number of furan rings is 1. The van der Waals surface area contributed by atoms with E-state index in [2.05, 4.69) is 10.6 Å². The lowest BCUT2D eigenvalue weighted by Crippen LogP contribution is -2.48. The number of hydrogen-bond donors (Lipinski definition) is 2. The molecule has 11 nitrogen and oxygen atoms in total. The van der Waals surface area contributed by atoms with Crippen LogP contribution in [0.5, 0.6) is 17.2 Å². The molecule has 1 aliphatic heterocycles. The molecule has 0 spiro atoms. The molecular formula is C30H35N3O8. The highest BCUT2D eigenvalue weighted by atomic mass is 16.5. The van der Waals surface area contributed by atoms with Gasteiger partial charge in [0, 0.05) is 19.7 Å². The molecule has 3 aromatic rings. The van der Waals surface area contributed by atoms with Gasteiger partial charge in [-0.05, 0) is 60.4 Å². The first-order valence-electron chi connectivity index (χ1n) is 13.3. The number of carbonyl (C=O) groups excluding carboxylic acids is 3. The van der Waals surface area contributed by atoms with Crippen LogP contribution in [0, 0.1) is 0 Å². The number of hydrogen-bond acceptors (Lipinski definition) is 8. The molecule has 11 heteroatoms. The molecule has 41 heavy (non-hydrogen) atoms. The zero-order chi connectivity index (χ0) is 29.2. The van der Waals surface area contributed by atoms with E-state index >= 15 is 0 Å². The third kappa shape index (κ3) is 7.57. The first kappa shape index (κ1) is 29.5. The van der Waals surface area contributed by atoms with Crippen LogP contribution in [0.15, 0.2) is 65.3 Å². The van der Waals surface area contributed by atoms with Crippen LogP contribution < -0.4 is 24.8 Å². The van der Waals surface area contributed by atoms with Crippen LogP contribution in [0.25, 0.3) is 0 Å². The van der Waals surface area contributed by atoms with Crippen LogP contribution in [0.1, 0.15) is 40.6 Å². The van der Waals surface area contributed by atoms with Crippen LogP contribution in [-0.2, 0) is 20.9 Å². The van der Waals surface area contributed by atoms with Gasteiger partial charge in [-0.2, -0.15) is 0 Å². The first-order chi connectivity index (χ1) is 19.9. The van der Waals surface area contributed by atoms with Gasteiger partial charge in [-0.15, -0.1) is 0 Å². The van der Waals surface area contributed by atoms with Gasteiger partial charge in [0.2, 0.25) is 11.8 Å². The Bertz CT molecular complexity index is 1300. The molecule has 1 fully saturated rings. The van der Waals surface area contributed by atoms with Crippen molar-refractivity contribution in [2.24, 2.45) is 0 Å². The summed E-state index contributed by atoms with van der Waals surface area (Å²) in [5, 5.41) is 5.56. The molecule has 2 heterocycles. The van der Waals surface area contributed by atoms with Crippen molar-refractivity contribution in [1.82, 2.24) is 15.5 Å². The second-order valence-electron chi connectivity index (χ2n) is 9.43. The number of rotatable bonds is 13. The van der Waals surface area contributed by atoms with Crippen LogP contribution in [0.2, 0.25) is 0 Å². The van der Waals surface area contributed by atoms with E-state index in [9.17, 15) is 14.4 Å². The molecule has 4 rings (SSSR count). The average Bonchev–Trinajstić information content (AvgIpc) is 3.74. The van der Waals surface area contributed by atoms with Crippen LogP contribution in [0.4, 0.5) is 0 Å². The SMILES string of the molecule is COc1ccc(CN(C(=O)CNC(=O)c2ccco2)[C@@H](C(=O)NC[C@@H]2CCCO2)c2ccc(OC)c(OC)c2)cc1. The first-order valence-corrected chi connectivity index (χ1v) is 13.3. The molecule has 0 aliphatic carbocycles. The summed E-state index contributed by atoms with van der Waals surface area (Å²) >= 11 is 0. The lowest BCUT2D eigenvalue weighted by molar-refractivity contribution is -0.141. The predicted molar refractivity (Wildman–Crippen MR) is 149 cm³/mol. The van der Waals surface area contributed by atoms with E-state index in [1.54, 1.807) is 43.5 Å². The van der Waals surface area contributed by atoms with Gasteiger partial charge >= 0.3 is 0 Å². The van der Waals surface area contributed by atoms with E-state index in [4.69, 9.17) is 23.4 Å². The Balaban J connectivity index is 1.68. The van der Waals surface area contributed by atoms with E-state index in [1.165, 1.54) is 31.4 Å². The zero-order valence-corrected chi connectivity index (χ0v) is 23.4. The maximum absolute atomic E-state index is 13.9. The van der Waals surface area contributed by atoms with Crippen molar-refractivity contribution in [2.45, 2.75) is 31.5 Å². The molecule has 2 N–H and O–H groups in total. The van der Waals surface area contributed by atoms with Crippen molar-refractivity contribution < 1.29 is 37.7 Å². The Labute approximate surface area is 238 Å². The van der Waals surface area contributed by atoms with Crippen LogP contribution in [-0.4, -0.2) is 69.8 Å². The highest BCUT2D eigenvalue weighted by Crippen LogP contribution is 2.33. The lowest BCUT2D eigenvalue weighted by atomic mass is 10.0. The second-order valence-corrected chi connectivity index (χ2v) is 9.43. The highest BCUT2D eigenvalue weighted by Gasteiger charge is 2.33. The number of benzene rings is 2. The van der Waals surface area contributed by atoms with Gasteiger partial charge in [-0.1, -0.05) is 18.2 Å². The number of nitrogens with one attached hydrogen (secondary N) is 2. The molecule has 1 aliphatic rings. The van der Waals surface area contributed by atoms with Crippen molar-refractivity contribution in [3.05, 3.63) is 77.7 Å². The summed E-state index contributed by atoms with van der Waals surface area (Å²) < 4.78 is 27.0. The van der Waals surface area contributed by atoms with Crippen molar-refractivity contribution in [2.75, 3.05) is 41.0 Å². The summed E-state index contributed by atoms with van der Waals surface area (Å²) in [5.41, 5.74) is 1.26. The Hall–Kier alpha value is -4.51. The van der Waals surface area contributed by atoms with Gasteiger partial charge in [0.05, 0.1) is 40.2 Å². The summed E-state index contributed by atoms with van der Waals surface area (Å²) in [4.78, 5) is 41.6. The largest absolute Gasteiger partial charge is 0.497 e. The van der Waals surface area contributed by atoms with Crippen molar-refractivity contribution in [3.63, 3.8) is 0 Å². The van der Waals surface area contributed by atoms with Crippen LogP contribution >= 0.6 is 0 Å². The van der Waals surface area contributed by atoms with Gasteiger partial charge in [-0.25, -0.2) is 0 Å². The van der Waals surface area contributed by atoms with Crippen molar-refractivity contribution in [3.8, 4) is 17.2 Å². The van der Waals surface area contributed by atoms with E-state index in [1.807, 2.05) is 12.1 Å². The minimum atomic E-state index is -1.06. The third-order valence-corrected chi connectivity index (χ3v) is 6.79. The maximum Gasteiger partial charge on any atom is 0.287 e. The van der Waals surface area contributed by atoms with Gasteiger partial charge < -0.3 is 38.9 Å². The summed E-state index contributed by atoms with van der Waals surface area (Å²) in [5.74, 6) is 0.199. The fourth-order valence-corrected chi connectivity index (χ4v) is 4.62. The van der Waals surface area contributed by atoms with Gasteiger partial charge in [0.15, 0.2) is 17.3 Å². The normalized spacial score (nSPS) is 15.0. The molecule has 0 unspecified atom stereocenters.